The van der Waals surface area contributed by atoms with E-state index in [1.54, 1.807) is 18.6 Å². The predicted octanol–water partition coefficient (Wildman–Crippen LogP) is 3.75. The lowest BCUT2D eigenvalue weighted by Crippen LogP contribution is -2.35. The van der Waals surface area contributed by atoms with Crippen LogP contribution in [0.25, 0.3) is 16.7 Å². The Morgan fingerprint density at radius 2 is 2.18 bits per heavy atom. The Kier molecular flexibility index (Phi) is 5.72. The van der Waals surface area contributed by atoms with E-state index in [0.717, 1.165) is 22.3 Å². The van der Waals surface area contributed by atoms with Gasteiger partial charge in [0.05, 0.1) is 40.7 Å². The molecule has 0 saturated heterocycles. The van der Waals surface area contributed by atoms with Gasteiger partial charge in [0.15, 0.2) is 0 Å². The number of aromatic nitrogens is 4. The third kappa shape index (κ3) is 4.11. The van der Waals surface area contributed by atoms with Crippen LogP contribution >= 0.6 is 11.6 Å². The van der Waals surface area contributed by atoms with Crippen LogP contribution in [0.5, 0.6) is 0 Å². The van der Waals surface area contributed by atoms with Gasteiger partial charge in [0.25, 0.3) is 0 Å². The fourth-order valence-electron chi connectivity index (χ4n) is 3.94. The van der Waals surface area contributed by atoms with Crippen LogP contribution in [0.4, 0.5) is 4.39 Å². The smallest absolute Gasteiger partial charge is 0.240 e. The summed E-state index contributed by atoms with van der Waals surface area (Å²) >= 11 is 5.82. The molecular weight excluding hydrogens is 459 g/mol. The van der Waals surface area contributed by atoms with Crippen LogP contribution in [0.2, 0.25) is 5.02 Å². The number of aromatic amines is 1. The molecule has 1 amide bonds. The standard InChI is InChI=1S/C24H20ClFN6O2/c1-13-8-15(32-7-6-27-12-32)10-19-22(13)31-23(30-19)21-18(4-5-28-24(21)34)29-11-20(33)14-2-3-17(26)16(25)9-14/h2-10,12,20-21,33H,11H2,1H3,(H,28,34)(H,30,31). The van der Waals surface area contributed by atoms with Gasteiger partial charge in [-0.25, -0.2) is 14.4 Å². The van der Waals surface area contributed by atoms with Gasteiger partial charge in [0, 0.05) is 24.3 Å². The number of carbonyl (C=O) groups excluding carboxylic acids is 1. The van der Waals surface area contributed by atoms with Crippen molar-refractivity contribution >= 4 is 34.3 Å². The first-order chi connectivity index (χ1) is 16.4. The van der Waals surface area contributed by atoms with E-state index in [1.165, 1.54) is 24.4 Å². The highest BCUT2D eigenvalue weighted by molar-refractivity contribution is 6.30. The maximum absolute atomic E-state index is 13.4. The number of fused-ring (bicyclic) bond motifs is 1. The molecule has 1 aliphatic heterocycles. The van der Waals surface area contributed by atoms with Crippen molar-refractivity contribution in [2.24, 2.45) is 4.99 Å². The second-order valence-electron chi connectivity index (χ2n) is 7.98. The van der Waals surface area contributed by atoms with E-state index in [-0.39, 0.29) is 17.5 Å². The number of aliphatic imine (C=N–C) groups is 1. The zero-order valence-corrected chi connectivity index (χ0v) is 18.8. The number of amides is 1. The summed E-state index contributed by atoms with van der Waals surface area (Å²) in [6.07, 6.45) is 7.43. The first kappa shape index (κ1) is 22.0. The van der Waals surface area contributed by atoms with Gasteiger partial charge in [-0.3, -0.25) is 9.79 Å². The molecule has 3 heterocycles. The number of aryl methyl sites for hydroxylation is 1. The number of imidazole rings is 2. The number of allylic oxidation sites excluding steroid dienone is 1. The number of nitrogens with zero attached hydrogens (tertiary/aromatic N) is 4. The van der Waals surface area contributed by atoms with Gasteiger partial charge in [0.1, 0.15) is 17.6 Å². The molecule has 4 aromatic rings. The summed E-state index contributed by atoms with van der Waals surface area (Å²) in [5, 5.41) is 13.1. The molecule has 172 valence electrons. The van der Waals surface area contributed by atoms with Gasteiger partial charge in [-0.15, -0.1) is 0 Å². The molecule has 1 aliphatic rings. The number of benzene rings is 2. The highest BCUT2D eigenvalue weighted by atomic mass is 35.5. The molecule has 0 bridgehead atoms. The van der Waals surface area contributed by atoms with Crippen molar-refractivity contribution in [2.45, 2.75) is 18.9 Å². The minimum absolute atomic E-state index is 0.0323. The summed E-state index contributed by atoms with van der Waals surface area (Å²) in [5.74, 6) is -1.18. The summed E-state index contributed by atoms with van der Waals surface area (Å²) in [6, 6.07) is 7.94. The summed E-state index contributed by atoms with van der Waals surface area (Å²) in [6.45, 7) is 1.92. The van der Waals surface area contributed by atoms with E-state index in [1.807, 2.05) is 29.8 Å². The molecule has 3 N–H and O–H groups in total. The minimum atomic E-state index is -1.01. The molecule has 2 unspecified atom stereocenters. The van der Waals surface area contributed by atoms with Crippen molar-refractivity contribution < 1.29 is 14.3 Å². The molecular formula is C24H20ClFN6O2. The lowest BCUT2D eigenvalue weighted by atomic mass is 9.98. The van der Waals surface area contributed by atoms with Crippen LogP contribution in [0.1, 0.15) is 29.0 Å². The number of halogens is 2. The second kappa shape index (κ2) is 8.85. The number of carbonyl (C=O) groups is 1. The molecule has 0 radical (unpaired) electrons. The Morgan fingerprint density at radius 1 is 1.32 bits per heavy atom. The molecule has 2 aromatic heterocycles. The summed E-state index contributed by atoms with van der Waals surface area (Å²) in [5.41, 5.74) is 4.27. The fourth-order valence-corrected chi connectivity index (χ4v) is 4.13. The van der Waals surface area contributed by atoms with Crippen molar-refractivity contribution in [1.29, 1.82) is 0 Å². The first-order valence-electron chi connectivity index (χ1n) is 10.5. The average Bonchev–Trinajstić information content (AvgIpc) is 3.49. The summed E-state index contributed by atoms with van der Waals surface area (Å²) in [7, 11) is 0. The lowest BCUT2D eigenvalue weighted by molar-refractivity contribution is -0.120. The van der Waals surface area contributed by atoms with E-state index >= 15 is 0 Å². The SMILES string of the molecule is Cc1cc(-n2ccnc2)cc2[nH]c(C3C(=O)NC=CC3=NCC(O)c3ccc(F)c(Cl)c3)nc12. The zero-order valence-electron chi connectivity index (χ0n) is 18.0. The average molecular weight is 479 g/mol. The summed E-state index contributed by atoms with van der Waals surface area (Å²) < 4.78 is 15.3. The number of hydrogen-bond donors (Lipinski definition) is 3. The Labute approximate surface area is 198 Å². The van der Waals surface area contributed by atoms with Gasteiger partial charge >= 0.3 is 0 Å². The largest absolute Gasteiger partial charge is 0.386 e. The molecule has 8 nitrogen and oxygen atoms in total. The number of H-pyrrole nitrogens is 1. The van der Waals surface area contributed by atoms with Gasteiger partial charge in [-0.1, -0.05) is 17.7 Å². The molecule has 0 aliphatic carbocycles. The van der Waals surface area contributed by atoms with Crippen molar-refractivity contribution in [3.8, 4) is 5.69 Å². The normalized spacial score (nSPS) is 17.9. The van der Waals surface area contributed by atoms with Gasteiger partial charge in [-0.2, -0.15) is 0 Å². The van der Waals surface area contributed by atoms with Crippen LogP contribution in [-0.4, -0.2) is 42.8 Å². The van der Waals surface area contributed by atoms with E-state index in [0.29, 0.717) is 17.1 Å². The first-order valence-corrected chi connectivity index (χ1v) is 10.9. The van der Waals surface area contributed by atoms with Crippen LogP contribution < -0.4 is 5.32 Å². The molecule has 10 heteroatoms. The van der Waals surface area contributed by atoms with Crippen LogP contribution in [-0.2, 0) is 4.79 Å². The van der Waals surface area contributed by atoms with Gasteiger partial charge in [0.2, 0.25) is 5.91 Å². The van der Waals surface area contributed by atoms with Crippen LogP contribution in [0.15, 0.2) is 66.3 Å². The predicted molar refractivity (Wildman–Crippen MR) is 127 cm³/mol. The Bertz CT molecular complexity index is 1440. The van der Waals surface area contributed by atoms with Crippen molar-refractivity contribution in [2.75, 3.05) is 6.54 Å². The van der Waals surface area contributed by atoms with E-state index in [4.69, 9.17) is 11.6 Å². The molecule has 5 rings (SSSR count). The number of nitrogens with one attached hydrogen (secondary N) is 2. The second-order valence-corrected chi connectivity index (χ2v) is 8.39. The number of hydrogen-bond acceptors (Lipinski definition) is 5. The zero-order chi connectivity index (χ0) is 23.8. The third-order valence-electron chi connectivity index (χ3n) is 5.67. The number of aliphatic hydroxyl groups is 1. The summed E-state index contributed by atoms with van der Waals surface area (Å²) in [4.78, 5) is 29.3. The highest BCUT2D eigenvalue weighted by Gasteiger charge is 2.30. The molecule has 0 saturated carbocycles. The maximum Gasteiger partial charge on any atom is 0.240 e. The maximum atomic E-state index is 13.4. The molecule has 0 spiro atoms. The quantitative estimate of drug-likeness (QED) is 0.406. The number of rotatable bonds is 5. The molecule has 2 aromatic carbocycles. The number of aliphatic hydroxyl groups excluding tert-OH is 1. The Balaban J connectivity index is 1.47. The Morgan fingerprint density at radius 3 is 2.94 bits per heavy atom. The lowest BCUT2D eigenvalue weighted by Gasteiger charge is -2.19. The molecule has 34 heavy (non-hydrogen) atoms. The van der Waals surface area contributed by atoms with E-state index in [2.05, 4.69) is 25.3 Å². The van der Waals surface area contributed by atoms with Crippen molar-refractivity contribution in [3.05, 3.63) is 89.1 Å². The topological polar surface area (TPSA) is 108 Å². The molecule has 2 atom stereocenters. The van der Waals surface area contributed by atoms with E-state index in [9.17, 15) is 14.3 Å². The van der Waals surface area contributed by atoms with Crippen molar-refractivity contribution in [3.63, 3.8) is 0 Å². The highest BCUT2D eigenvalue weighted by Crippen LogP contribution is 2.27. The monoisotopic (exact) mass is 478 g/mol. The van der Waals surface area contributed by atoms with E-state index < -0.39 is 17.8 Å². The molecule has 0 fully saturated rings. The Hall–Kier alpha value is -3.82. The van der Waals surface area contributed by atoms with Gasteiger partial charge < -0.3 is 20.0 Å². The van der Waals surface area contributed by atoms with Crippen molar-refractivity contribution in [1.82, 2.24) is 24.8 Å². The fraction of sp³-hybridized carbons (Fsp3) is 0.167. The van der Waals surface area contributed by atoms with Crippen LogP contribution in [0.3, 0.4) is 0 Å². The van der Waals surface area contributed by atoms with Gasteiger partial charge in [-0.05, 0) is 48.4 Å². The minimum Gasteiger partial charge on any atom is -0.386 e. The third-order valence-corrected chi connectivity index (χ3v) is 5.96. The van der Waals surface area contributed by atoms with Crippen LogP contribution in [0, 0.1) is 12.7 Å².